The normalized spacial score (nSPS) is 12.2. The van der Waals surface area contributed by atoms with Gasteiger partial charge in [0.2, 0.25) is 5.95 Å². The molecule has 0 bridgehead atoms. The molecule has 1 N–H and O–H groups in total. The fraction of sp³-hybridized carbons (Fsp3) is 0.250. The average molecular weight is 407 g/mol. The van der Waals surface area contributed by atoms with E-state index < -0.39 is 6.04 Å². The Balaban J connectivity index is 1.66. The molecule has 2 aromatic heterocycles. The Bertz CT molecular complexity index is 906. The minimum atomic E-state index is -0.513. The van der Waals surface area contributed by atoms with Gasteiger partial charge in [0, 0.05) is 0 Å². The van der Waals surface area contributed by atoms with E-state index >= 15 is 0 Å². The smallest absolute Gasteiger partial charge is 0.251 e. The van der Waals surface area contributed by atoms with Gasteiger partial charge in [0.1, 0.15) is 18.2 Å². The van der Waals surface area contributed by atoms with Gasteiger partial charge in [-0.3, -0.25) is 14.8 Å². The van der Waals surface area contributed by atoms with E-state index in [0.717, 1.165) is 15.7 Å². The molecule has 3 rings (SSSR count). The summed E-state index contributed by atoms with van der Waals surface area (Å²) in [5.41, 5.74) is 1.61. The predicted octanol–water partition coefficient (Wildman–Crippen LogP) is 2.93. The fourth-order valence-corrected chi connectivity index (χ4v) is 2.64. The first-order valence-corrected chi connectivity index (χ1v) is 8.37. The van der Waals surface area contributed by atoms with Crippen LogP contribution < -0.4 is 5.32 Å². The molecule has 0 saturated heterocycles. The van der Waals surface area contributed by atoms with Crippen LogP contribution in [0.2, 0.25) is 0 Å². The van der Waals surface area contributed by atoms with Gasteiger partial charge in [-0.15, -0.1) is 5.10 Å². The Morgan fingerprint density at radius 2 is 2.24 bits per heavy atom. The molecule has 1 amide bonds. The number of halogens is 2. The molecule has 130 valence electrons. The first-order chi connectivity index (χ1) is 11.9. The number of aromatic nitrogens is 5. The fourth-order valence-electron chi connectivity index (χ4n) is 2.37. The second-order valence-corrected chi connectivity index (χ2v) is 6.44. The minimum Gasteiger partial charge on any atom is -0.291 e. The highest BCUT2D eigenvalue weighted by Gasteiger charge is 2.20. The van der Waals surface area contributed by atoms with Crippen LogP contribution in [0.3, 0.4) is 0 Å². The summed E-state index contributed by atoms with van der Waals surface area (Å²) in [6, 6.07) is 5.73. The zero-order valence-electron chi connectivity index (χ0n) is 13.6. The summed E-state index contributed by atoms with van der Waals surface area (Å²) in [5, 5.41) is 11.0. The molecule has 0 fully saturated rings. The number of nitrogens with one attached hydrogen (secondary N) is 1. The number of benzene rings is 1. The van der Waals surface area contributed by atoms with Crippen molar-refractivity contribution in [3.8, 4) is 0 Å². The van der Waals surface area contributed by atoms with Crippen LogP contribution in [0.5, 0.6) is 0 Å². The molecule has 1 unspecified atom stereocenters. The maximum atomic E-state index is 13.2. The van der Waals surface area contributed by atoms with E-state index in [9.17, 15) is 9.18 Å². The third kappa shape index (κ3) is 3.93. The summed E-state index contributed by atoms with van der Waals surface area (Å²) < 4.78 is 17.2. The number of amides is 1. The van der Waals surface area contributed by atoms with Crippen LogP contribution >= 0.6 is 15.9 Å². The third-order valence-corrected chi connectivity index (χ3v) is 4.51. The quantitative estimate of drug-likeness (QED) is 0.706. The number of carbonyl (C=O) groups excluding carboxylic acids is 1. The van der Waals surface area contributed by atoms with Crippen LogP contribution in [-0.4, -0.2) is 30.5 Å². The first-order valence-electron chi connectivity index (χ1n) is 7.58. The average Bonchev–Trinajstić information content (AvgIpc) is 3.14. The number of nitrogens with zero attached hydrogens (tertiary/aromatic N) is 5. The van der Waals surface area contributed by atoms with Crippen LogP contribution in [0.1, 0.15) is 24.2 Å². The van der Waals surface area contributed by atoms with Gasteiger partial charge in [0.05, 0.1) is 22.9 Å². The second kappa shape index (κ2) is 7.14. The van der Waals surface area contributed by atoms with Gasteiger partial charge in [-0.05, 0) is 47.5 Å². The van der Waals surface area contributed by atoms with Crippen molar-refractivity contribution in [1.29, 1.82) is 0 Å². The second-order valence-electron chi connectivity index (χ2n) is 5.58. The monoisotopic (exact) mass is 406 g/mol. The van der Waals surface area contributed by atoms with E-state index in [1.807, 2.05) is 6.92 Å². The molecule has 2 heterocycles. The largest absolute Gasteiger partial charge is 0.291 e. The Kier molecular flexibility index (Phi) is 4.93. The highest BCUT2D eigenvalue weighted by molar-refractivity contribution is 9.10. The summed E-state index contributed by atoms with van der Waals surface area (Å²) in [4.78, 5) is 16.4. The lowest BCUT2D eigenvalue weighted by atomic mass is 10.2. The number of rotatable bonds is 5. The molecule has 3 aromatic rings. The van der Waals surface area contributed by atoms with Crippen molar-refractivity contribution in [1.82, 2.24) is 24.5 Å². The maximum Gasteiger partial charge on any atom is 0.251 e. The van der Waals surface area contributed by atoms with E-state index in [1.54, 1.807) is 29.9 Å². The van der Waals surface area contributed by atoms with Crippen molar-refractivity contribution in [2.45, 2.75) is 26.4 Å². The number of carbonyl (C=O) groups is 1. The molecule has 1 atom stereocenters. The summed E-state index contributed by atoms with van der Waals surface area (Å²) in [6.45, 7) is 3.97. The minimum absolute atomic E-state index is 0.192. The van der Waals surface area contributed by atoms with Crippen LogP contribution in [-0.2, 0) is 11.3 Å². The van der Waals surface area contributed by atoms with E-state index in [4.69, 9.17) is 0 Å². The van der Waals surface area contributed by atoms with Crippen molar-refractivity contribution in [3.05, 3.63) is 58.3 Å². The van der Waals surface area contributed by atoms with Gasteiger partial charge in [0.15, 0.2) is 0 Å². The number of hydrogen-bond donors (Lipinski definition) is 1. The van der Waals surface area contributed by atoms with Crippen molar-refractivity contribution in [2.24, 2.45) is 0 Å². The Hall–Kier alpha value is -2.55. The lowest BCUT2D eigenvalue weighted by Gasteiger charge is -2.12. The highest BCUT2D eigenvalue weighted by atomic mass is 79.9. The van der Waals surface area contributed by atoms with Gasteiger partial charge in [0.25, 0.3) is 5.91 Å². The summed E-state index contributed by atoms with van der Waals surface area (Å²) in [6.07, 6.45) is 3.13. The van der Waals surface area contributed by atoms with Crippen molar-refractivity contribution in [3.63, 3.8) is 0 Å². The topological polar surface area (TPSA) is 77.6 Å². The highest BCUT2D eigenvalue weighted by Crippen LogP contribution is 2.19. The number of hydrogen-bond acceptors (Lipinski definition) is 4. The van der Waals surface area contributed by atoms with Gasteiger partial charge >= 0.3 is 0 Å². The molecule has 0 aliphatic carbocycles. The van der Waals surface area contributed by atoms with Crippen LogP contribution in [0.4, 0.5) is 10.3 Å². The van der Waals surface area contributed by atoms with Crippen molar-refractivity contribution >= 4 is 27.8 Å². The molecule has 9 heteroatoms. The molecular weight excluding hydrogens is 391 g/mol. The molecule has 0 radical (unpaired) electrons. The van der Waals surface area contributed by atoms with Crippen LogP contribution in [0.15, 0.2) is 41.3 Å². The lowest BCUT2D eigenvalue weighted by Crippen LogP contribution is -2.25. The molecule has 0 spiro atoms. The van der Waals surface area contributed by atoms with E-state index in [0.29, 0.717) is 6.54 Å². The van der Waals surface area contributed by atoms with Crippen LogP contribution in [0.25, 0.3) is 0 Å². The van der Waals surface area contributed by atoms with E-state index in [1.165, 1.54) is 23.1 Å². The van der Waals surface area contributed by atoms with Gasteiger partial charge < -0.3 is 0 Å². The summed E-state index contributed by atoms with van der Waals surface area (Å²) >= 11 is 3.37. The number of anilines is 1. The molecule has 0 aliphatic heterocycles. The molecule has 0 saturated carbocycles. The third-order valence-electron chi connectivity index (χ3n) is 3.74. The van der Waals surface area contributed by atoms with Crippen molar-refractivity contribution < 1.29 is 9.18 Å². The summed E-state index contributed by atoms with van der Waals surface area (Å²) in [5.74, 6) is -0.389. The van der Waals surface area contributed by atoms with E-state index in [-0.39, 0.29) is 17.7 Å². The Labute approximate surface area is 152 Å². The molecule has 7 nitrogen and oxygen atoms in total. The van der Waals surface area contributed by atoms with Crippen LogP contribution in [0, 0.1) is 12.7 Å². The molecule has 0 aliphatic rings. The van der Waals surface area contributed by atoms with Crippen molar-refractivity contribution in [2.75, 3.05) is 5.32 Å². The van der Waals surface area contributed by atoms with Gasteiger partial charge in [-0.25, -0.2) is 14.1 Å². The Morgan fingerprint density at radius 3 is 2.92 bits per heavy atom. The van der Waals surface area contributed by atoms with Gasteiger partial charge in [-0.1, -0.05) is 12.1 Å². The first kappa shape index (κ1) is 17.3. The predicted molar refractivity (Wildman–Crippen MR) is 93.5 cm³/mol. The SMILES string of the molecule is Cc1c(Br)cnn1C(C)C(=O)Nc1ncn(Cc2cccc(F)c2)n1. The molecular formula is C16H16BrFN6O. The van der Waals surface area contributed by atoms with E-state index in [2.05, 4.69) is 36.4 Å². The van der Waals surface area contributed by atoms with Gasteiger partial charge in [-0.2, -0.15) is 5.10 Å². The maximum absolute atomic E-state index is 13.2. The lowest BCUT2D eigenvalue weighted by molar-refractivity contribution is -0.119. The standard InChI is InChI=1S/C16H16BrFN6O/c1-10-14(17)7-20-24(10)11(2)15(25)21-16-19-9-23(22-16)8-12-4-3-5-13(18)6-12/h3-7,9,11H,8H2,1-2H3,(H,21,22,25). The summed E-state index contributed by atoms with van der Waals surface area (Å²) in [7, 11) is 0. The Morgan fingerprint density at radius 1 is 1.44 bits per heavy atom. The molecule has 1 aromatic carbocycles. The zero-order chi connectivity index (χ0) is 18.0. The zero-order valence-corrected chi connectivity index (χ0v) is 15.2. The molecule has 25 heavy (non-hydrogen) atoms.